The van der Waals surface area contributed by atoms with Gasteiger partial charge in [0.2, 0.25) is 0 Å². The molecule has 0 fully saturated rings. The van der Waals surface area contributed by atoms with Crippen molar-refractivity contribution in [3.63, 3.8) is 0 Å². The molecule has 4 nitrogen and oxygen atoms in total. The molecule has 0 aliphatic heterocycles. The van der Waals surface area contributed by atoms with Gasteiger partial charge >= 0.3 is 0 Å². The SMILES string of the molecule is CNCCCN(C)C(=O)c1cccc2cccnc12. The first-order chi connectivity index (χ1) is 9.24. The third kappa shape index (κ3) is 3.09. The number of carbonyl (C=O) groups is 1. The molecule has 0 spiro atoms. The summed E-state index contributed by atoms with van der Waals surface area (Å²) in [6.07, 6.45) is 2.66. The highest BCUT2D eigenvalue weighted by Crippen LogP contribution is 2.17. The van der Waals surface area contributed by atoms with E-state index in [0.29, 0.717) is 5.56 Å². The Labute approximate surface area is 113 Å². The van der Waals surface area contributed by atoms with Crippen LogP contribution in [0.1, 0.15) is 16.8 Å². The van der Waals surface area contributed by atoms with Gasteiger partial charge < -0.3 is 10.2 Å². The second-order valence-electron chi connectivity index (χ2n) is 4.56. The Kier molecular flexibility index (Phi) is 4.47. The van der Waals surface area contributed by atoms with Crippen LogP contribution in [0.4, 0.5) is 0 Å². The number of para-hydroxylation sites is 1. The van der Waals surface area contributed by atoms with Gasteiger partial charge in [0.25, 0.3) is 5.91 Å². The molecule has 1 N–H and O–H groups in total. The zero-order valence-electron chi connectivity index (χ0n) is 11.4. The normalized spacial score (nSPS) is 10.6. The molecule has 0 saturated heterocycles. The van der Waals surface area contributed by atoms with Crippen LogP contribution in [0.15, 0.2) is 36.5 Å². The number of nitrogens with one attached hydrogen (secondary N) is 1. The van der Waals surface area contributed by atoms with Crippen LogP contribution in [0.25, 0.3) is 10.9 Å². The Bertz CT molecular complexity index is 563. The van der Waals surface area contributed by atoms with Crippen LogP contribution >= 0.6 is 0 Å². The van der Waals surface area contributed by atoms with E-state index in [2.05, 4.69) is 10.3 Å². The van der Waals surface area contributed by atoms with E-state index in [9.17, 15) is 4.79 Å². The van der Waals surface area contributed by atoms with Crippen LogP contribution < -0.4 is 5.32 Å². The Morgan fingerprint density at radius 2 is 2.11 bits per heavy atom. The molecular formula is C15H19N3O. The molecule has 0 bridgehead atoms. The summed E-state index contributed by atoms with van der Waals surface area (Å²) in [6, 6.07) is 9.57. The summed E-state index contributed by atoms with van der Waals surface area (Å²) < 4.78 is 0. The van der Waals surface area contributed by atoms with Gasteiger partial charge in [-0.1, -0.05) is 18.2 Å². The molecule has 4 heteroatoms. The van der Waals surface area contributed by atoms with Crippen molar-refractivity contribution in [1.29, 1.82) is 0 Å². The van der Waals surface area contributed by atoms with Crippen molar-refractivity contribution in [3.05, 3.63) is 42.1 Å². The van der Waals surface area contributed by atoms with Gasteiger partial charge in [-0.3, -0.25) is 9.78 Å². The highest BCUT2D eigenvalue weighted by Gasteiger charge is 2.14. The highest BCUT2D eigenvalue weighted by molar-refractivity contribution is 6.05. The molecule has 0 saturated carbocycles. The molecule has 1 heterocycles. The fourth-order valence-electron chi connectivity index (χ4n) is 2.08. The Morgan fingerprint density at radius 1 is 1.32 bits per heavy atom. The molecule has 0 unspecified atom stereocenters. The first kappa shape index (κ1) is 13.5. The molecule has 19 heavy (non-hydrogen) atoms. The van der Waals surface area contributed by atoms with Gasteiger partial charge in [-0.2, -0.15) is 0 Å². The number of carbonyl (C=O) groups excluding carboxylic acids is 1. The molecule has 0 aliphatic carbocycles. The number of amides is 1. The molecule has 2 rings (SSSR count). The fourth-order valence-corrected chi connectivity index (χ4v) is 2.08. The van der Waals surface area contributed by atoms with Crippen LogP contribution in [0.5, 0.6) is 0 Å². The lowest BCUT2D eigenvalue weighted by Gasteiger charge is -2.17. The van der Waals surface area contributed by atoms with E-state index in [1.165, 1.54) is 0 Å². The summed E-state index contributed by atoms with van der Waals surface area (Å²) in [5.74, 6) is 0.0282. The quantitative estimate of drug-likeness (QED) is 0.832. The summed E-state index contributed by atoms with van der Waals surface area (Å²) in [5, 5.41) is 4.08. The second-order valence-corrected chi connectivity index (χ2v) is 4.56. The number of aromatic nitrogens is 1. The molecule has 0 aliphatic rings. The van der Waals surface area contributed by atoms with Crippen LogP contribution in [0, 0.1) is 0 Å². The highest BCUT2D eigenvalue weighted by atomic mass is 16.2. The summed E-state index contributed by atoms with van der Waals surface area (Å²) in [7, 11) is 3.75. The maximum absolute atomic E-state index is 12.4. The van der Waals surface area contributed by atoms with Crippen LogP contribution in [-0.4, -0.2) is 43.0 Å². The van der Waals surface area contributed by atoms with Crippen molar-refractivity contribution in [3.8, 4) is 0 Å². The summed E-state index contributed by atoms with van der Waals surface area (Å²) >= 11 is 0. The topological polar surface area (TPSA) is 45.2 Å². The number of hydrogen-bond acceptors (Lipinski definition) is 3. The molecule has 1 aromatic heterocycles. The van der Waals surface area contributed by atoms with Crippen molar-refractivity contribution < 1.29 is 4.79 Å². The van der Waals surface area contributed by atoms with Gasteiger partial charge in [0.1, 0.15) is 0 Å². The van der Waals surface area contributed by atoms with Crippen molar-refractivity contribution >= 4 is 16.8 Å². The fraction of sp³-hybridized carbons (Fsp3) is 0.333. The van der Waals surface area contributed by atoms with Crippen LogP contribution in [0.2, 0.25) is 0 Å². The minimum atomic E-state index is 0.0282. The van der Waals surface area contributed by atoms with Gasteiger partial charge in [-0.15, -0.1) is 0 Å². The van der Waals surface area contributed by atoms with Gasteiger partial charge in [0, 0.05) is 25.2 Å². The van der Waals surface area contributed by atoms with Crippen molar-refractivity contribution in [2.75, 3.05) is 27.2 Å². The number of fused-ring (bicyclic) bond motifs is 1. The number of hydrogen-bond donors (Lipinski definition) is 1. The predicted molar refractivity (Wildman–Crippen MR) is 77.2 cm³/mol. The van der Waals surface area contributed by atoms with E-state index in [0.717, 1.165) is 30.4 Å². The monoisotopic (exact) mass is 257 g/mol. The lowest BCUT2D eigenvalue weighted by molar-refractivity contribution is 0.0795. The first-order valence-electron chi connectivity index (χ1n) is 6.48. The van der Waals surface area contributed by atoms with Crippen molar-refractivity contribution in [2.45, 2.75) is 6.42 Å². The van der Waals surface area contributed by atoms with E-state index in [1.54, 1.807) is 11.1 Å². The largest absolute Gasteiger partial charge is 0.342 e. The molecular weight excluding hydrogens is 238 g/mol. The summed E-state index contributed by atoms with van der Waals surface area (Å²) in [6.45, 7) is 1.65. The summed E-state index contributed by atoms with van der Waals surface area (Å²) in [4.78, 5) is 18.5. The van der Waals surface area contributed by atoms with Crippen LogP contribution in [-0.2, 0) is 0 Å². The molecule has 1 aromatic carbocycles. The Morgan fingerprint density at radius 3 is 2.89 bits per heavy atom. The van der Waals surface area contributed by atoms with E-state index in [1.807, 2.05) is 44.4 Å². The number of benzene rings is 1. The maximum Gasteiger partial charge on any atom is 0.255 e. The average Bonchev–Trinajstić information content (AvgIpc) is 2.46. The molecule has 0 atom stereocenters. The predicted octanol–water partition coefficient (Wildman–Crippen LogP) is 1.92. The zero-order valence-corrected chi connectivity index (χ0v) is 11.4. The van der Waals surface area contributed by atoms with Crippen molar-refractivity contribution in [2.24, 2.45) is 0 Å². The van der Waals surface area contributed by atoms with Gasteiger partial charge in [0.15, 0.2) is 0 Å². The standard InChI is InChI=1S/C15H19N3O/c1-16-9-5-11-18(2)15(19)13-8-3-6-12-7-4-10-17-14(12)13/h3-4,6-8,10,16H,5,9,11H2,1-2H3. The van der Waals surface area contributed by atoms with Gasteiger partial charge in [-0.25, -0.2) is 0 Å². The second kappa shape index (κ2) is 6.29. The molecule has 100 valence electrons. The van der Waals surface area contributed by atoms with Gasteiger partial charge in [-0.05, 0) is 32.1 Å². The lowest BCUT2D eigenvalue weighted by atomic mass is 10.1. The Balaban J connectivity index is 2.21. The lowest BCUT2D eigenvalue weighted by Crippen LogP contribution is -2.29. The first-order valence-corrected chi connectivity index (χ1v) is 6.48. The van der Waals surface area contributed by atoms with E-state index < -0.39 is 0 Å². The maximum atomic E-state index is 12.4. The minimum absolute atomic E-state index is 0.0282. The van der Waals surface area contributed by atoms with E-state index in [-0.39, 0.29) is 5.91 Å². The third-order valence-corrected chi connectivity index (χ3v) is 3.13. The number of pyridine rings is 1. The summed E-state index contributed by atoms with van der Waals surface area (Å²) in [5.41, 5.74) is 1.44. The average molecular weight is 257 g/mol. The third-order valence-electron chi connectivity index (χ3n) is 3.13. The Hall–Kier alpha value is -1.94. The zero-order chi connectivity index (χ0) is 13.7. The number of nitrogens with zero attached hydrogens (tertiary/aromatic N) is 2. The minimum Gasteiger partial charge on any atom is -0.342 e. The van der Waals surface area contributed by atoms with E-state index in [4.69, 9.17) is 0 Å². The number of rotatable bonds is 5. The molecule has 0 radical (unpaired) electrons. The van der Waals surface area contributed by atoms with E-state index >= 15 is 0 Å². The van der Waals surface area contributed by atoms with Gasteiger partial charge in [0.05, 0.1) is 11.1 Å². The van der Waals surface area contributed by atoms with Crippen LogP contribution in [0.3, 0.4) is 0 Å². The molecule has 2 aromatic rings. The smallest absolute Gasteiger partial charge is 0.255 e. The van der Waals surface area contributed by atoms with Crippen molar-refractivity contribution in [1.82, 2.24) is 15.2 Å². The molecule has 1 amide bonds.